The largest absolute Gasteiger partial charge is 0.296 e. The van der Waals surface area contributed by atoms with Gasteiger partial charge in [0.2, 0.25) is 0 Å². The van der Waals surface area contributed by atoms with Crippen LogP contribution in [0.15, 0.2) is 35.2 Å². The Morgan fingerprint density at radius 3 is 0.875 bits per heavy atom. The molecule has 56 heavy (non-hydrogen) atoms. The van der Waals surface area contributed by atoms with E-state index < -0.39 is 24.6 Å². The first-order valence-corrected chi connectivity index (χ1v) is 31.3. The quantitative estimate of drug-likeness (QED) is 0.0381. The topological polar surface area (TPSA) is 43.4 Å². The lowest BCUT2D eigenvalue weighted by Gasteiger charge is -2.28. The van der Waals surface area contributed by atoms with Gasteiger partial charge in [0.15, 0.2) is 0 Å². The van der Waals surface area contributed by atoms with E-state index in [9.17, 15) is 8.42 Å². The van der Waals surface area contributed by atoms with Gasteiger partial charge in [0.1, 0.15) is 0 Å². The molecule has 1 rings (SSSR count). The third kappa shape index (κ3) is 32.8. The van der Waals surface area contributed by atoms with Gasteiger partial charge in [-0.2, -0.15) is 8.42 Å². The van der Waals surface area contributed by atoms with Crippen LogP contribution in [0.1, 0.15) is 229 Å². The minimum Gasteiger partial charge on any atom is -0.266 e. The van der Waals surface area contributed by atoms with E-state index in [1.54, 1.807) is 79.6 Å². The van der Waals surface area contributed by atoms with E-state index in [-0.39, 0.29) is 11.5 Å². The van der Waals surface area contributed by atoms with Crippen molar-refractivity contribution >= 4 is 24.6 Å². The van der Waals surface area contributed by atoms with E-state index in [0.717, 1.165) is 12.8 Å². The summed E-state index contributed by atoms with van der Waals surface area (Å²) in [5, 5.41) is 0. The zero-order valence-electron chi connectivity index (χ0n) is 39.7. The molecular weight excluding hydrogens is 743 g/mol. The summed E-state index contributed by atoms with van der Waals surface area (Å²) in [6.07, 6.45) is 48.2. The summed E-state index contributed by atoms with van der Waals surface area (Å²) in [4.78, 5) is 0.238. The molecule has 1 aromatic rings. The molecule has 1 aromatic carbocycles. The molecule has 6 heteroatoms. The lowest BCUT2D eigenvalue weighted by atomic mass is 10.1. The molecule has 0 radical (unpaired) electrons. The molecule has 0 saturated carbocycles. The summed E-state index contributed by atoms with van der Waals surface area (Å²) in [5.41, 5.74) is 0. The number of benzene rings is 1. The highest BCUT2D eigenvalue weighted by Crippen LogP contribution is 2.62. The van der Waals surface area contributed by atoms with Gasteiger partial charge in [0, 0.05) is 14.5 Å². The van der Waals surface area contributed by atoms with Crippen molar-refractivity contribution in [3.63, 3.8) is 0 Å². The Kier molecular flexibility index (Phi) is 43.3. The van der Waals surface area contributed by atoms with Gasteiger partial charge in [-0.1, -0.05) is 190 Å². The highest BCUT2D eigenvalue weighted by atomic mass is 32.2. The van der Waals surface area contributed by atoms with Gasteiger partial charge in [0.05, 0.1) is 60.8 Å². The maximum Gasteiger partial charge on any atom is 0.296 e. The third-order valence-corrected chi connectivity index (χ3v) is 23.1. The van der Waals surface area contributed by atoms with E-state index in [2.05, 4.69) is 62.3 Å². The molecule has 0 aliphatic rings. The van der Waals surface area contributed by atoms with E-state index >= 15 is 0 Å². The number of hydrogen-bond acceptors (Lipinski definition) is 3. The summed E-state index contributed by atoms with van der Waals surface area (Å²) < 4.78 is 28.8. The molecule has 0 N–H and O–H groups in total. The Hall–Kier alpha value is -0.0100. The molecule has 0 aromatic heterocycles. The number of rotatable bonds is 37. The summed E-state index contributed by atoms with van der Waals surface area (Å²) >= 11 is 0. The molecule has 3 nitrogen and oxygen atoms in total. The standard InChI is InChI=1S/C18H30O3S.2C16H36P/c1-2-3-4-5-6-7-8-9-10-14-17-21-22(19,20)18-15-12-11-13-16-18;2*1-5-9-13-17(14-10-6-2,15-11-7-3)16-12-8-4/h11-13,15-16H,2-10,14,17H2,1H3;2*5-16H2,1-4H3/q;2*+1. The van der Waals surface area contributed by atoms with Crippen LogP contribution in [0.2, 0.25) is 0 Å². The van der Waals surface area contributed by atoms with Crippen molar-refractivity contribution in [3.8, 4) is 0 Å². The van der Waals surface area contributed by atoms with Crippen molar-refractivity contribution < 1.29 is 12.6 Å². The highest BCUT2D eigenvalue weighted by molar-refractivity contribution is 7.86. The molecule has 0 unspecified atom stereocenters. The van der Waals surface area contributed by atoms with Crippen LogP contribution in [0, 0.1) is 0 Å². The fraction of sp³-hybridized carbons (Fsp3) is 0.880. The van der Waals surface area contributed by atoms with Crippen LogP contribution < -0.4 is 0 Å². The van der Waals surface area contributed by atoms with Gasteiger partial charge in [-0.15, -0.1) is 0 Å². The monoisotopic (exact) mass is 845 g/mol. The predicted octanol–water partition coefficient (Wildman–Crippen LogP) is 17.7. The Morgan fingerprint density at radius 2 is 0.607 bits per heavy atom. The predicted molar refractivity (Wildman–Crippen MR) is 263 cm³/mol. The maximum atomic E-state index is 11.9. The van der Waals surface area contributed by atoms with Gasteiger partial charge in [-0.25, -0.2) is 0 Å². The summed E-state index contributed by atoms with van der Waals surface area (Å²) in [7, 11) is -4.70. The lowest BCUT2D eigenvalue weighted by molar-refractivity contribution is 0.306. The fourth-order valence-electron chi connectivity index (χ4n) is 7.70. The van der Waals surface area contributed by atoms with Crippen molar-refractivity contribution in [3.05, 3.63) is 30.3 Å². The minimum atomic E-state index is -3.57. The van der Waals surface area contributed by atoms with Gasteiger partial charge >= 0.3 is 0 Å². The Bertz CT molecular complexity index is 905. The van der Waals surface area contributed by atoms with Gasteiger partial charge in [-0.3, -0.25) is 4.18 Å². The van der Waals surface area contributed by atoms with Crippen LogP contribution in [0.3, 0.4) is 0 Å². The highest BCUT2D eigenvalue weighted by Gasteiger charge is 2.35. The van der Waals surface area contributed by atoms with Crippen LogP contribution in [0.5, 0.6) is 0 Å². The molecule has 0 amide bonds. The summed E-state index contributed by atoms with van der Waals surface area (Å²) in [6, 6.07) is 8.33. The second kappa shape index (κ2) is 41.7. The first kappa shape index (κ1) is 58.1. The number of unbranched alkanes of at least 4 members (excludes halogenated alkanes) is 17. The maximum absolute atomic E-state index is 11.9. The fourth-order valence-corrected chi connectivity index (χ4v) is 19.2. The van der Waals surface area contributed by atoms with Crippen LogP contribution >= 0.6 is 14.5 Å². The van der Waals surface area contributed by atoms with Crippen LogP contribution in [0.25, 0.3) is 0 Å². The van der Waals surface area contributed by atoms with Crippen LogP contribution in [-0.2, 0) is 14.3 Å². The minimum absolute atomic E-state index is 0.238. The molecule has 0 aliphatic carbocycles. The van der Waals surface area contributed by atoms with Crippen LogP contribution in [0.4, 0.5) is 0 Å². The lowest BCUT2D eigenvalue weighted by Crippen LogP contribution is -2.12. The Morgan fingerprint density at radius 1 is 0.357 bits per heavy atom. The second-order valence-electron chi connectivity index (χ2n) is 17.1. The van der Waals surface area contributed by atoms with E-state index in [1.807, 2.05) is 0 Å². The average molecular weight is 845 g/mol. The van der Waals surface area contributed by atoms with Crippen molar-refractivity contribution in [1.82, 2.24) is 0 Å². The van der Waals surface area contributed by atoms with Crippen molar-refractivity contribution in [1.29, 1.82) is 0 Å². The van der Waals surface area contributed by atoms with Gasteiger partial charge < -0.3 is 0 Å². The second-order valence-corrected chi connectivity index (χ2v) is 27.6. The number of hydrogen-bond donors (Lipinski definition) is 0. The molecule has 0 atom stereocenters. The Balaban J connectivity index is 0. The molecule has 0 fully saturated rings. The first-order valence-electron chi connectivity index (χ1n) is 24.8. The van der Waals surface area contributed by atoms with Crippen molar-refractivity contribution in [2.24, 2.45) is 0 Å². The van der Waals surface area contributed by atoms with Gasteiger partial charge in [-0.05, 0) is 69.9 Å². The van der Waals surface area contributed by atoms with Crippen molar-refractivity contribution in [2.75, 3.05) is 55.9 Å². The zero-order chi connectivity index (χ0) is 42.1. The molecule has 0 heterocycles. The SMILES string of the molecule is CCCCCCCCCCCCOS(=O)(=O)c1ccccc1.CCCC[P+](CCCC)(CCCC)CCCC.CCCC[P+](CCCC)(CCCC)CCCC. The molecule has 0 spiro atoms. The summed E-state index contributed by atoms with van der Waals surface area (Å²) in [6.45, 7) is 21.4. The third-order valence-electron chi connectivity index (χ3n) is 11.7. The molecular formula is C50H102O3P2S+2. The van der Waals surface area contributed by atoms with Crippen molar-refractivity contribution in [2.45, 2.75) is 234 Å². The molecule has 0 bridgehead atoms. The van der Waals surface area contributed by atoms with E-state index in [1.165, 1.54) is 154 Å². The van der Waals surface area contributed by atoms with Crippen LogP contribution in [-0.4, -0.2) is 64.3 Å². The van der Waals surface area contributed by atoms with Gasteiger partial charge in [0.25, 0.3) is 10.1 Å². The molecule has 0 saturated heterocycles. The van der Waals surface area contributed by atoms with E-state index in [4.69, 9.17) is 4.18 Å². The molecule has 0 aliphatic heterocycles. The van der Waals surface area contributed by atoms with E-state index in [0.29, 0.717) is 0 Å². The molecule has 334 valence electrons. The average Bonchev–Trinajstić information content (AvgIpc) is 3.22. The smallest absolute Gasteiger partial charge is 0.266 e. The summed E-state index contributed by atoms with van der Waals surface area (Å²) in [5.74, 6) is 0. The Labute approximate surface area is 356 Å². The normalized spacial score (nSPS) is 11.9. The zero-order valence-corrected chi connectivity index (χ0v) is 42.3. The first-order chi connectivity index (χ1) is 27.2.